The number of nitrogens with two attached hydrogens (primary N) is 1. The van der Waals surface area contributed by atoms with Gasteiger partial charge in [-0.25, -0.2) is 4.39 Å². The van der Waals surface area contributed by atoms with Gasteiger partial charge in [-0.15, -0.1) is 0 Å². The Balaban J connectivity index is 2.11. The number of hydrogen-bond donors (Lipinski definition) is 2. The van der Waals surface area contributed by atoms with E-state index >= 15 is 0 Å². The number of anilines is 2. The lowest BCUT2D eigenvalue weighted by Gasteiger charge is -2.08. The molecule has 0 aliphatic carbocycles. The summed E-state index contributed by atoms with van der Waals surface area (Å²) in [5.74, 6) is -0.551. The van der Waals surface area contributed by atoms with E-state index in [0.29, 0.717) is 25.1 Å². The maximum Gasteiger partial charge on any atom is 0.224 e. The molecule has 1 amide bonds. The number of amides is 1. The number of nitrogens with one attached hydrogen (secondary N) is 1. The molecule has 0 atom stereocenters. The van der Waals surface area contributed by atoms with Crippen LogP contribution in [0.3, 0.4) is 0 Å². The third-order valence-corrected chi connectivity index (χ3v) is 3.12. The predicted octanol–water partition coefficient (Wildman–Crippen LogP) is 3.72. The van der Waals surface area contributed by atoms with Crippen LogP contribution in [-0.4, -0.2) is 19.1 Å². The van der Waals surface area contributed by atoms with Gasteiger partial charge < -0.3 is 15.8 Å². The molecule has 4 nitrogen and oxygen atoms in total. The fourth-order valence-electron chi connectivity index (χ4n) is 1.93. The average molecular weight is 296 g/mol. The average Bonchev–Trinajstić information content (AvgIpc) is 2.45. The van der Waals surface area contributed by atoms with Gasteiger partial charge in [-0.2, -0.15) is 0 Å². The van der Waals surface area contributed by atoms with Gasteiger partial charge in [-0.1, -0.05) is 26.2 Å². The van der Waals surface area contributed by atoms with Gasteiger partial charge in [0.2, 0.25) is 5.91 Å². The maximum atomic E-state index is 12.9. The fourth-order valence-corrected chi connectivity index (χ4v) is 1.93. The van der Waals surface area contributed by atoms with Crippen molar-refractivity contribution in [2.24, 2.45) is 0 Å². The van der Waals surface area contributed by atoms with E-state index in [1.807, 2.05) is 0 Å². The number of halogens is 1. The van der Waals surface area contributed by atoms with E-state index in [0.717, 1.165) is 13.0 Å². The monoisotopic (exact) mass is 296 g/mol. The Hall–Kier alpha value is -1.62. The number of nitrogen functional groups attached to an aromatic ring is 1. The van der Waals surface area contributed by atoms with Gasteiger partial charge in [-0.3, -0.25) is 4.79 Å². The van der Waals surface area contributed by atoms with Crippen molar-refractivity contribution >= 4 is 17.3 Å². The Labute approximate surface area is 125 Å². The molecule has 0 saturated carbocycles. The number of unbranched alkanes of at least 4 members (excludes halogenated alkanes) is 3. The first-order valence-electron chi connectivity index (χ1n) is 7.56. The largest absolute Gasteiger partial charge is 0.397 e. The number of hydrogen-bond acceptors (Lipinski definition) is 3. The van der Waals surface area contributed by atoms with E-state index in [4.69, 9.17) is 10.5 Å². The van der Waals surface area contributed by atoms with Crippen molar-refractivity contribution < 1.29 is 13.9 Å². The molecule has 118 valence electrons. The van der Waals surface area contributed by atoms with E-state index in [1.54, 1.807) is 0 Å². The molecule has 1 aromatic rings. The van der Waals surface area contributed by atoms with E-state index in [-0.39, 0.29) is 11.6 Å². The van der Waals surface area contributed by atoms with Crippen LogP contribution in [0, 0.1) is 5.82 Å². The van der Waals surface area contributed by atoms with Crippen molar-refractivity contribution in [1.82, 2.24) is 0 Å². The highest BCUT2D eigenvalue weighted by Crippen LogP contribution is 2.19. The van der Waals surface area contributed by atoms with Crippen LogP contribution < -0.4 is 11.1 Å². The summed E-state index contributed by atoms with van der Waals surface area (Å²) >= 11 is 0. The third kappa shape index (κ3) is 7.66. The van der Waals surface area contributed by atoms with Gasteiger partial charge in [0.25, 0.3) is 0 Å². The zero-order valence-electron chi connectivity index (χ0n) is 12.7. The summed E-state index contributed by atoms with van der Waals surface area (Å²) in [5.41, 5.74) is 6.30. The first kappa shape index (κ1) is 17.4. The topological polar surface area (TPSA) is 64.3 Å². The van der Waals surface area contributed by atoms with Crippen LogP contribution in [0.2, 0.25) is 0 Å². The lowest BCUT2D eigenvalue weighted by molar-refractivity contribution is -0.116. The molecule has 3 N–H and O–H groups in total. The highest BCUT2D eigenvalue weighted by molar-refractivity contribution is 5.93. The standard InChI is InChI=1S/C16H25FN2O2/c1-2-3-4-5-10-21-11-6-7-16(20)19-15-9-8-13(17)12-14(15)18/h8-9,12H,2-7,10-11,18H2,1H3,(H,19,20). The van der Waals surface area contributed by atoms with Crippen molar-refractivity contribution in [3.8, 4) is 0 Å². The normalized spacial score (nSPS) is 10.6. The van der Waals surface area contributed by atoms with Gasteiger partial charge >= 0.3 is 0 Å². The molecule has 0 unspecified atom stereocenters. The van der Waals surface area contributed by atoms with Crippen LogP contribution in [0.1, 0.15) is 45.4 Å². The molecular weight excluding hydrogens is 271 g/mol. The Bertz CT molecular complexity index is 438. The van der Waals surface area contributed by atoms with Gasteiger partial charge in [0.15, 0.2) is 0 Å². The summed E-state index contributed by atoms with van der Waals surface area (Å²) in [4.78, 5) is 11.7. The molecule has 1 rings (SSSR count). The molecular formula is C16H25FN2O2. The molecule has 0 heterocycles. The summed E-state index contributed by atoms with van der Waals surface area (Å²) in [6.45, 7) is 3.51. The lowest BCUT2D eigenvalue weighted by atomic mass is 10.2. The molecule has 0 aliphatic rings. The molecule has 0 bridgehead atoms. The highest BCUT2D eigenvalue weighted by atomic mass is 19.1. The molecule has 0 fully saturated rings. The number of carbonyl (C=O) groups excluding carboxylic acids is 1. The molecule has 0 aromatic heterocycles. The summed E-state index contributed by atoms with van der Waals surface area (Å²) < 4.78 is 18.3. The smallest absolute Gasteiger partial charge is 0.224 e. The quantitative estimate of drug-likeness (QED) is 0.511. The van der Waals surface area contributed by atoms with Crippen LogP contribution in [0.4, 0.5) is 15.8 Å². The Kier molecular flexibility index (Phi) is 8.43. The first-order chi connectivity index (χ1) is 10.1. The van der Waals surface area contributed by atoms with Gasteiger partial charge in [0, 0.05) is 19.6 Å². The second kappa shape index (κ2) is 10.2. The van der Waals surface area contributed by atoms with E-state index in [9.17, 15) is 9.18 Å². The zero-order chi connectivity index (χ0) is 15.5. The van der Waals surface area contributed by atoms with Gasteiger partial charge in [0.05, 0.1) is 11.4 Å². The molecule has 0 aliphatic heterocycles. The summed E-state index contributed by atoms with van der Waals surface area (Å²) in [7, 11) is 0. The molecule has 5 heteroatoms. The molecule has 1 aromatic carbocycles. The van der Waals surface area contributed by atoms with Crippen molar-refractivity contribution in [2.75, 3.05) is 24.3 Å². The van der Waals surface area contributed by atoms with Crippen LogP contribution in [0.5, 0.6) is 0 Å². The van der Waals surface area contributed by atoms with Crippen molar-refractivity contribution in [2.45, 2.75) is 45.4 Å². The van der Waals surface area contributed by atoms with E-state index < -0.39 is 5.82 Å². The summed E-state index contributed by atoms with van der Waals surface area (Å²) in [6, 6.07) is 3.92. The van der Waals surface area contributed by atoms with Crippen molar-refractivity contribution in [3.05, 3.63) is 24.0 Å². The molecule has 21 heavy (non-hydrogen) atoms. The second-order valence-corrected chi connectivity index (χ2v) is 5.06. The molecule has 0 radical (unpaired) electrons. The maximum absolute atomic E-state index is 12.9. The minimum atomic E-state index is -0.415. The SMILES string of the molecule is CCCCCCOCCCC(=O)Nc1ccc(F)cc1N. The van der Waals surface area contributed by atoms with Crippen LogP contribution in [-0.2, 0) is 9.53 Å². The Morgan fingerprint density at radius 1 is 1.24 bits per heavy atom. The minimum absolute atomic E-state index is 0.136. The minimum Gasteiger partial charge on any atom is -0.397 e. The van der Waals surface area contributed by atoms with Crippen molar-refractivity contribution in [3.63, 3.8) is 0 Å². The van der Waals surface area contributed by atoms with Crippen LogP contribution in [0.25, 0.3) is 0 Å². The van der Waals surface area contributed by atoms with Gasteiger partial charge in [-0.05, 0) is 31.0 Å². The van der Waals surface area contributed by atoms with Crippen LogP contribution in [0.15, 0.2) is 18.2 Å². The second-order valence-electron chi connectivity index (χ2n) is 5.06. The Morgan fingerprint density at radius 3 is 2.71 bits per heavy atom. The lowest BCUT2D eigenvalue weighted by Crippen LogP contribution is -2.13. The Morgan fingerprint density at radius 2 is 2.00 bits per heavy atom. The fraction of sp³-hybridized carbons (Fsp3) is 0.562. The van der Waals surface area contributed by atoms with Crippen molar-refractivity contribution in [1.29, 1.82) is 0 Å². The number of benzene rings is 1. The summed E-state index contributed by atoms with van der Waals surface area (Å²) in [6.07, 6.45) is 5.76. The first-order valence-corrected chi connectivity index (χ1v) is 7.56. The highest BCUT2D eigenvalue weighted by Gasteiger charge is 2.06. The van der Waals surface area contributed by atoms with Gasteiger partial charge in [0.1, 0.15) is 5.82 Å². The molecule has 0 saturated heterocycles. The predicted molar refractivity (Wildman–Crippen MR) is 83.6 cm³/mol. The summed E-state index contributed by atoms with van der Waals surface area (Å²) in [5, 5.41) is 2.67. The number of rotatable bonds is 10. The third-order valence-electron chi connectivity index (χ3n) is 3.12. The van der Waals surface area contributed by atoms with E-state index in [1.165, 1.54) is 37.5 Å². The number of carbonyl (C=O) groups is 1. The zero-order valence-corrected chi connectivity index (χ0v) is 12.7. The number of ether oxygens (including phenoxy) is 1. The van der Waals surface area contributed by atoms with Crippen LogP contribution >= 0.6 is 0 Å². The van der Waals surface area contributed by atoms with E-state index in [2.05, 4.69) is 12.2 Å². The molecule has 0 spiro atoms.